The average Bonchev–Trinajstić information content (AvgIpc) is 2.47. The summed E-state index contributed by atoms with van der Waals surface area (Å²) in [5, 5.41) is 20.9. The number of anilines is 1. The number of hydrogen-bond acceptors (Lipinski definition) is 5. The number of carboxylic acids is 1. The first-order valence-electron chi connectivity index (χ1n) is 6.72. The Bertz CT molecular complexity index is 701. The topological polar surface area (TPSA) is 105 Å². The first-order valence-corrected chi connectivity index (χ1v) is 6.72. The predicted octanol–water partition coefficient (Wildman–Crippen LogP) is 3.06. The van der Waals surface area contributed by atoms with Crippen LogP contribution in [0.2, 0.25) is 0 Å². The normalized spacial score (nSPS) is 11.3. The number of carbonyl (C=O) groups is 2. The summed E-state index contributed by atoms with van der Waals surface area (Å²) in [6.45, 7) is 1.52. The third kappa shape index (κ3) is 4.37. The maximum Gasteiger partial charge on any atom is 0.414 e. The number of nitrogens with one attached hydrogen (secondary N) is 1. The van der Waals surface area contributed by atoms with E-state index in [-0.39, 0.29) is 5.69 Å². The van der Waals surface area contributed by atoms with Gasteiger partial charge in [-0.1, -0.05) is 24.3 Å². The molecule has 1 atom stereocenters. The Morgan fingerprint density at radius 2 is 1.78 bits per heavy atom. The van der Waals surface area contributed by atoms with Crippen LogP contribution in [0.3, 0.4) is 0 Å². The van der Waals surface area contributed by atoms with Gasteiger partial charge in [-0.2, -0.15) is 0 Å². The molecule has 7 nitrogen and oxygen atoms in total. The monoisotopic (exact) mass is 317 g/mol. The number of hydrogen-bond donors (Lipinski definition) is 3. The number of benzene rings is 2. The first-order chi connectivity index (χ1) is 11.0. The van der Waals surface area contributed by atoms with Gasteiger partial charge in [0.2, 0.25) is 6.29 Å². The van der Waals surface area contributed by atoms with Crippen LogP contribution >= 0.6 is 0 Å². The molecule has 0 spiro atoms. The van der Waals surface area contributed by atoms with Gasteiger partial charge >= 0.3 is 12.1 Å². The molecule has 1 unspecified atom stereocenters. The molecule has 23 heavy (non-hydrogen) atoms. The number of aromatic hydroxyl groups is 1. The van der Waals surface area contributed by atoms with Gasteiger partial charge in [-0.15, -0.1) is 0 Å². The lowest BCUT2D eigenvalue weighted by Gasteiger charge is -2.16. The molecule has 0 aliphatic heterocycles. The zero-order chi connectivity index (χ0) is 16.8. The largest absolute Gasteiger partial charge is 0.507 e. The van der Waals surface area contributed by atoms with Crippen molar-refractivity contribution < 1.29 is 29.3 Å². The molecule has 2 rings (SSSR count). The maximum atomic E-state index is 11.8. The Morgan fingerprint density at radius 3 is 2.43 bits per heavy atom. The van der Waals surface area contributed by atoms with Crippen LogP contribution in [0.4, 0.5) is 10.5 Å². The van der Waals surface area contributed by atoms with Crippen LogP contribution in [0.25, 0.3) is 0 Å². The number of para-hydroxylation sites is 1. The highest BCUT2D eigenvalue weighted by atomic mass is 16.7. The van der Waals surface area contributed by atoms with E-state index >= 15 is 0 Å². The van der Waals surface area contributed by atoms with Gasteiger partial charge in [0.1, 0.15) is 17.1 Å². The van der Waals surface area contributed by atoms with E-state index in [4.69, 9.17) is 14.6 Å². The van der Waals surface area contributed by atoms with Crippen molar-refractivity contribution in [2.75, 3.05) is 5.32 Å². The highest BCUT2D eigenvalue weighted by Crippen LogP contribution is 2.25. The van der Waals surface area contributed by atoms with Crippen molar-refractivity contribution in [2.45, 2.75) is 13.2 Å². The van der Waals surface area contributed by atoms with Crippen LogP contribution < -0.4 is 10.1 Å². The van der Waals surface area contributed by atoms with E-state index in [2.05, 4.69) is 5.32 Å². The number of carbonyl (C=O) groups excluding carboxylic acids is 1. The second kappa shape index (κ2) is 7.17. The van der Waals surface area contributed by atoms with E-state index in [0.717, 1.165) is 0 Å². The molecule has 0 fully saturated rings. The van der Waals surface area contributed by atoms with Gasteiger partial charge in [0.05, 0.1) is 5.69 Å². The van der Waals surface area contributed by atoms with Crippen molar-refractivity contribution in [3.63, 3.8) is 0 Å². The third-order valence-corrected chi connectivity index (χ3v) is 2.81. The smallest absolute Gasteiger partial charge is 0.414 e. The second-order valence-electron chi connectivity index (χ2n) is 4.53. The minimum atomic E-state index is -1.37. The fraction of sp³-hybridized carbons (Fsp3) is 0.125. The van der Waals surface area contributed by atoms with Gasteiger partial charge in [0, 0.05) is 6.92 Å². The first kappa shape index (κ1) is 16.2. The summed E-state index contributed by atoms with van der Waals surface area (Å²) in [5.74, 6) is -1.30. The fourth-order valence-corrected chi connectivity index (χ4v) is 1.87. The second-order valence-corrected chi connectivity index (χ2v) is 4.53. The minimum absolute atomic E-state index is 0.0746. The Labute approximate surface area is 132 Å². The number of amides is 1. The lowest BCUT2D eigenvalue weighted by molar-refractivity contribution is -0.0118. The molecule has 2 aromatic rings. The number of aromatic carboxylic acids is 1. The Morgan fingerprint density at radius 1 is 1.09 bits per heavy atom. The van der Waals surface area contributed by atoms with E-state index in [9.17, 15) is 14.7 Å². The summed E-state index contributed by atoms with van der Waals surface area (Å²) in [4.78, 5) is 22.9. The lowest BCUT2D eigenvalue weighted by Crippen LogP contribution is -2.25. The molecule has 0 saturated heterocycles. The Kier molecular flexibility index (Phi) is 5.03. The summed E-state index contributed by atoms with van der Waals surface area (Å²) >= 11 is 0. The van der Waals surface area contributed by atoms with Gasteiger partial charge in [0.15, 0.2) is 0 Å². The van der Waals surface area contributed by atoms with E-state index in [0.29, 0.717) is 5.75 Å². The highest BCUT2D eigenvalue weighted by molar-refractivity contribution is 6.01. The SMILES string of the molecule is CC(OC(=O)Nc1cccc(O)c1C(=O)O)Oc1ccccc1. The Balaban J connectivity index is 2.00. The standard InChI is InChI=1S/C16H15NO6/c1-10(22-11-6-3-2-4-7-11)23-16(21)17-12-8-5-9-13(18)14(12)15(19)20/h2-10,18H,1H3,(H,17,21)(H,19,20). The molecule has 3 N–H and O–H groups in total. The van der Waals surface area contributed by atoms with Crippen LogP contribution in [0.15, 0.2) is 48.5 Å². The molecule has 0 radical (unpaired) electrons. The molecular formula is C16H15NO6. The van der Waals surface area contributed by atoms with Gasteiger partial charge in [0.25, 0.3) is 0 Å². The molecular weight excluding hydrogens is 302 g/mol. The van der Waals surface area contributed by atoms with Gasteiger partial charge in [-0.25, -0.2) is 9.59 Å². The summed E-state index contributed by atoms with van der Waals surface area (Å²) in [5.41, 5.74) is -0.490. The summed E-state index contributed by atoms with van der Waals surface area (Å²) < 4.78 is 10.4. The van der Waals surface area contributed by atoms with E-state index < -0.39 is 29.7 Å². The van der Waals surface area contributed by atoms with Crippen molar-refractivity contribution in [1.29, 1.82) is 0 Å². The van der Waals surface area contributed by atoms with Crippen molar-refractivity contribution in [2.24, 2.45) is 0 Å². The zero-order valence-electron chi connectivity index (χ0n) is 12.2. The molecule has 0 heterocycles. The van der Waals surface area contributed by atoms with E-state index in [1.54, 1.807) is 24.3 Å². The summed E-state index contributed by atoms with van der Waals surface area (Å²) in [7, 11) is 0. The number of ether oxygens (including phenoxy) is 2. The Hall–Kier alpha value is -3.22. The summed E-state index contributed by atoms with van der Waals surface area (Å²) in [6.07, 6.45) is -1.79. The van der Waals surface area contributed by atoms with Crippen molar-refractivity contribution >= 4 is 17.7 Å². The molecule has 0 aromatic heterocycles. The lowest BCUT2D eigenvalue weighted by atomic mass is 10.1. The number of phenols is 1. The molecule has 0 bridgehead atoms. The molecule has 2 aromatic carbocycles. The number of rotatable bonds is 5. The molecule has 0 aliphatic rings. The predicted molar refractivity (Wildman–Crippen MR) is 81.7 cm³/mol. The van der Waals surface area contributed by atoms with Gasteiger partial charge < -0.3 is 19.7 Å². The molecule has 120 valence electrons. The molecule has 0 saturated carbocycles. The number of carboxylic acid groups (broad SMARTS) is 1. The van der Waals surface area contributed by atoms with Crippen LogP contribution in [-0.4, -0.2) is 28.6 Å². The van der Waals surface area contributed by atoms with Crippen molar-refractivity contribution in [3.05, 3.63) is 54.1 Å². The molecule has 0 aliphatic carbocycles. The van der Waals surface area contributed by atoms with Crippen LogP contribution in [0.5, 0.6) is 11.5 Å². The quantitative estimate of drug-likeness (QED) is 0.732. The zero-order valence-corrected chi connectivity index (χ0v) is 12.2. The average molecular weight is 317 g/mol. The highest BCUT2D eigenvalue weighted by Gasteiger charge is 2.18. The van der Waals surface area contributed by atoms with Crippen LogP contribution in [-0.2, 0) is 4.74 Å². The van der Waals surface area contributed by atoms with Crippen molar-refractivity contribution in [3.8, 4) is 11.5 Å². The van der Waals surface area contributed by atoms with Gasteiger partial charge in [-0.3, -0.25) is 5.32 Å². The van der Waals surface area contributed by atoms with E-state index in [1.165, 1.54) is 25.1 Å². The van der Waals surface area contributed by atoms with Crippen molar-refractivity contribution in [1.82, 2.24) is 0 Å². The van der Waals surface area contributed by atoms with Crippen LogP contribution in [0.1, 0.15) is 17.3 Å². The third-order valence-electron chi connectivity index (χ3n) is 2.81. The molecule has 1 amide bonds. The fourth-order valence-electron chi connectivity index (χ4n) is 1.87. The maximum absolute atomic E-state index is 11.8. The van der Waals surface area contributed by atoms with Gasteiger partial charge in [-0.05, 0) is 24.3 Å². The van der Waals surface area contributed by atoms with E-state index in [1.807, 2.05) is 6.07 Å². The molecule has 7 heteroatoms. The van der Waals surface area contributed by atoms with Crippen LogP contribution in [0, 0.1) is 0 Å². The summed E-state index contributed by atoms with van der Waals surface area (Å²) in [6, 6.07) is 12.7. The minimum Gasteiger partial charge on any atom is -0.507 e.